The number of hydrogen-bond acceptors (Lipinski definition) is 2. The minimum atomic E-state index is -1.07. The van der Waals surface area contributed by atoms with E-state index >= 15 is 0 Å². The molecule has 0 saturated heterocycles. The molecule has 0 amide bonds. The van der Waals surface area contributed by atoms with E-state index in [0.29, 0.717) is 5.56 Å². The van der Waals surface area contributed by atoms with Gasteiger partial charge in [-0.15, -0.1) is 0 Å². The van der Waals surface area contributed by atoms with Gasteiger partial charge >= 0.3 is 5.97 Å². The van der Waals surface area contributed by atoms with E-state index in [2.05, 4.69) is 27.7 Å². The van der Waals surface area contributed by atoms with E-state index in [4.69, 9.17) is 5.11 Å². The van der Waals surface area contributed by atoms with Crippen molar-refractivity contribution in [2.24, 2.45) is 0 Å². The largest absolute Gasteiger partial charge is 0.478 e. The van der Waals surface area contributed by atoms with Gasteiger partial charge in [0.05, 0.1) is 21.9 Å². The summed E-state index contributed by atoms with van der Waals surface area (Å²) in [6, 6.07) is 3.62. The third-order valence-electron chi connectivity index (χ3n) is 2.23. The summed E-state index contributed by atoms with van der Waals surface area (Å²) < 4.78 is 15.6. The van der Waals surface area contributed by atoms with E-state index < -0.39 is 11.8 Å². The molecule has 2 rings (SSSR count). The van der Waals surface area contributed by atoms with Crippen molar-refractivity contribution in [2.45, 2.75) is 6.54 Å². The first-order valence-corrected chi connectivity index (χ1v) is 5.84. The number of nitrogens with zero attached hydrogens (tertiary/aromatic N) is 2. The highest BCUT2D eigenvalue weighted by atomic mass is 127. The molecule has 0 fully saturated rings. The lowest BCUT2D eigenvalue weighted by molar-refractivity contribution is 0.0695. The molecule has 4 nitrogen and oxygen atoms in total. The van der Waals surface area contributed by atoms with Gasteiger partial charge in [0, 0.05) is 6.20 Å². The summed E-state index contributed by atoms with van der Waals surface area (Å²) in [6.45, 7) is 0.238. The van der Waals surface area contributed by atoms with Gasteiger partial charge < -0.3 is 5.11 Å². The third kappa shape index (κ3) is 2.82. The zero-order valence-electron chi connectivity index (χ0n) is 8.60. The first-order valence-electron chi connectivity index (χ1n) is 4.76. The quantitative estimate of drug-likeness (QED) is 0.869. The maximum atomic E-state index is 13.1. The lowest BCUT2D eigenvalue weighted by Gasteiger charge is -2.06. The zero-order chi connectivity index (χ0) is 12.4. The molecular weight excluding hydrogens is 338 g/mol. The van der Waals surface area contributed by atoms with Gasteiger partial charge in [-0.3, -0.25) is 4.68 Å². The van der Waals surface area contributed by atoms with Crippen LogP contribution in [-0.4, -0.2) is 20.9 Å². The molecular formula is C11H8FIN2O2. The second kappa shape index (κ2) is 4.82. The Kier molecular flexibility index (Phi) is 3.41. The van der Waals surface area contributed by atoms with E-state index in [9.17, 15) is 9.18 Å². The Morgan fingerprint density at radius 1 is 1.53 bits per heavy atom. The maximum absolute atomic E-state index is 13.1. The predicted octanol–water partition coefficient (Wildman–Crippen LogP) is 2.37. The first-order chi connectivity index (χ1) is 8.06. The molecule has 2 aromatic rings. The fraction of sp³-hybridized carbons (Fsp3) is 0.0909. The van der Waals surface area contributed by atoms with Crippen LogP contribution in [0.2, 0.25) is 0 Å². The summed E-state index contributed by atoms with van der Waals surface area (Å²) >= 11 is 2.10. The molecule has 88 valence electrons. The standard InChI is InChI=1S/C11H8FIN2O2/c12-8-1-2-10(11(16)17)7(3-8)5-15-6-9(13)4-14-15/h1-4,6H,5H2,(H,16,17). The van der Waals surface area contributed by atoms with Gasteiger partial charge in [0.2, 0.25) is 0 Å². The Hall–Kier alpha value is -1.44. The van der Waals surface area contributed by atoms with Gasteiger partial charge in [-0.25, -0.2) is 9.18 Å². The lowest BCUT2D eigenvalue weighted by atomic mass is 10.1. The first kappa shape index (κ1) is 12.0. The van der Waals surface area contributed by atoms with Crippen molar-refractivity contribution in [1.29, 1.82) is 0 Å². The van der Waals surface area contributed by atoms with Crippen LogP contribution < -0.4 is 0 Å². The molecule has 0 aliphatic rings. The van der Waals surface area contributed by atoms with Crippen LogP contribution in [0.15, 0.2) is 30.6 Å². The Labute approximate surface area is 110 Å². The van der Waals surface area contributed by atoms with Gasteiger partial charge in [0.1, 0.15) is 5.82 Å². The molecule has 0 atom stereocenters. The summed E-state index contributed by atoms with van der Waals surface area (Å²) in [6.07, 6.45) is 3.41. The fourth-order valence-electron chi connectivity index (χ4n) is 1.50. The van der Waals surface area contributed by atoms with Crippen LogP contribution in [0.1, 0.15) is 15.9 Å². The number of rotatable bonds is 3. The van der Waals surface area contributed by atoms with Crippen LogP contribution in [0.4, 0.5) is 4.39 Å². The number of hydrogen-bond donors (Lipinski definition) is 1. The topological polar surface area (TPSA) is 55.1 Å². The van der Waals surface area contributed by atoms with Crippen LogP contribution >= 0.6 is 22.6 Å². The minimum absolute atomic E-state index is 0.0944. The molecule has 1 aromatic carbocycles. The second-order valence-electron chi connectivity index (χ2n) is 3.46. The molecule has 1 N–H and O–H groups in total. The van der Waals surface area contributed by atoms with Gasteiger partial charge in [-0.05, 0) is 46.4 Å². The summed E-state index contributed by atoms with van der Waals surface area (Å²) in [5.74, 6) is -1.52. The number of carbonyl (C=O) groups is 1. The average Bonchev–Trinajstić information content (AvgIpc) is 2.63. The maximum Gasteiger partial charge on any atom is 0.336 e. The van der Waals surface area contributed by atoms with Gasteiger partial charge in [0.25, 0.3) is 0 Å². The van der Waals surface area contributed by atoms with Crippen LogP contribution in [-0.2, 0) is 6.54 Å². The fourth-order valence-corrected chi connectivity index (χ4v) is 1.95. The molecule has 0 bridgehead atoms. The highest BCUT2D eigenvalue weighted by Crippen LogP contribution is 2.13. The molecule has 0 saturated carbocycles. The number of carboxylic acid groups (broad SMARTS) is 1. The summed E-state index contributed by atoms with van der Waals surface area (Å²) in [5, 5.41) is 13.0. The van der Waals surface area contributed by atoms with E-state index in [-0.39, 0.29) is 12.1 Å². The average molecular weight is 346 g/mol. The van der Waals surface area contributed by atoms with Crippen molar-refractivity contribution in [3.05, 3.63) is 51.1 Å². The molecule has 1 heterocycles. The third-order valence-corrected chi connectivity index (χ3v) is 2.79. The zero-order valence-corrected chi connectivity index (χ0v) is 10.8. The molecule has 1 aromatic heterocycles. The molecule has 17 heavy (non-hydrogen) atoms. The van der Waals surface area contributed by atoms with E-state index in [1.165, 1.54) is 12.1 Å². The van der Waals surface area contributed by atoms with Gasteiger partial charge in [-0.1, -0.05) is 0 Å². The van der Waals surface area contributed by atoms with Crippen LogP contribution in [0.5, 0.6) is 0 Å². The summed E-state index contributed by atoms with van der Waals surface area (Å²) in [4.78, 5) is 11.0. The number of benzene rings is 1. The highest BCUT2D eigenvalue weighted by molar-refractivity contribution is 14.1. The van der Waals surface area contributed by atoms with Crippen molar-refractivity contribution in [1.82, 2.24) is 9.78 Å². The van der Waals surface area contributed by atoms with Crippen molar-refractivity contribution in [3.63, 3.8) is 0 Å². The Bertz CT molecular complexity index is 568. The van der Waals surface area contributed by atoms with E-state index in [0.717, 1.165) is 9.64 Å². The number of aromatic carboxylic acids is 1. The van der Waals surface area contributed by atoms with Gasteiger partial charge in [0.15, 0.2) is 0 Å². The minimum Gasteiger partial charge on any atom is -0.478 e. The van der Waals surface area contributed by atoms with E-state index in [1.54, 1.807) is 17.1 Å². The lowest BCUT2D eigenvalue weighted by Crippen LogP contribution is -2.08. The highest BCUT2D eigenvalue weighted by Gasteiger charge is 2.11. The van der Waals surface area contributed by atoms with Gasteiger partial charge in [-0.2, -0.15) is 5.10 Å². The van der Waals surface area contributed by atoms with Crippen LogP contribution in [0.3, 0.4) is 0 Å². The molecule has 0 unspecified atom stereocenters. The summed E-state index contributed by atoms with van der Waals surface area (Å²) in [7, 11) is 0. The normalized spacial score (nSPS) is 10.5. The molecule has 6 heteroatoms. The van der Waals surface area contributed by atoms with Crippen LogP contribution in [0, 0.1) is 9.39 Å². The Morgan fingerprint density at radius 3 is 2.88 bits per heavy atom. The van der Waals surface area contributed by atoms with Crippen molar-refractivity contribution in [3.8, 4) is 0 Å². The van der Waals surface area contributed by atoms with Crippen molar-refractivity contribution in [2.75, 3.05) is 0 Å². The molecule has 0 spiro atoms. The monoisotopic (exact) mass is 346 g/mol. The second-order valence-corrected chi connectivity index (χ2v) is 4.71. The number of aromatic nitrogens is 2. The summed E-state index contributed by atoms with van der Waals surface area (Å²) in [5.41, 5.74) is 0.494. The smallest absolute Gasteiger partial charge is 0.336 e. The molecule has 0 radical (unpaired) electrons. The van der Waals surface area contributed by atoms with E-state index in [1.807, 2.05) is 0 Å². The predicted molar refractivity (Wildman–Crippen MR) is 67.4 cm³/mol. The van der Waals surface area contributed by atoms with Crippen LogP contribution in [0.25, 0.3) is 0 Å². The Balaban J connectivity index is 2.37. The number of halogens is 2. The molecule has 0 aliphatic carbocycles. The van der Waals surface area contributed by atoms with Crippen molar-refractivity contribution < 1.29 is 14.3 Å². The molecule has 0 aliphatic heterocycles. The van der Waals surface area contributed by atoms with Crippen molar-refractivity contribution >= 4 is 28.6 Å². The Morgan fingerprint density at radius 2 is 2.29 bits per heavy atom. The SMILES string of the molecule is O=C(O)c1ccc(F)cc1Cn1cc(I)cn1. The number of carboxylic acids is 1.